The molecule has 0 saturated carbocycles. The first kappa shape index (κ1) is 15.4. The van der Waals surface area contributed by atoms with E-state index in [1.165, 1.54) is 17.6 Å². The highest BCUT2D eigenvalue weighted by Gasteiger charge is 2.09. The van der Waals surface area contributed by atoms with E-state index < -0.39 is 0 Å². The van der Waals surface area contributed by atoms with E-state index in [-0.39, 0.29) is 5.82 Å². The molecule has 0 spiro atoms. The Morgan fingerprint density at radius 1 is 1.35 bits per heavy atom. The molecule has 2 aromatic rings. The highest BCUT2D eigenvalue weighted by Crippen LogP contribution is 2.32. The second-order valence-corrected chi connectivity index (χ2v) is 6.40. The third kappa shape index (κ3) is 4.26. The van der Waals surface area contributed by atoms with Crippen LogP contribution in [-0.2, 0) is 13.0 Å². The predicted molar refractivity (Wildman–Crippen MR) is 81.8 cm³/mol. The van der Waals surface area contributed by atoms with Crippen molar-refractivity contribution in [2.24, 2.45) is 0 Å². The summed E-state index contributed by atoms with van der Waals surface area (Å²) in [5, 5.41) is 3.31. The average molecular weight is 311 g/mol. The van der Waals surface area contributed by atoms with E-state index in [9.17, 15) is 4.39 Å². The fraction of sp³-hybridized carbons (Fsp3) is 0.429. The van der Waals surface area contributed by atoms with Crippen LogP contribution in [0.15, 0.2) is 27.4 Å². The highest BCUT2D eigenvalue weighted by atomic mass is 32.2. The van der Waals surface area contributed by atoms with Crippen molar-refractivity contribution >= 4 is 23.3 Å². The summed E-state index contributed by atoms with van der Waals surface area (Å²) in [7, 11) is 0. The van der Waals surface area contributed by atoms with Crippen LogP contribution in [0.3, 0.4) is 0 Å². The molecule has 1 aromatic heterocycles. The van der Waals surface area contributed by atoms with Crippen LogP contribution < -0.4 is 5.32 Å². The van der Waals surface area contributed by atoms with Crippen molar-refractivity contribution in [2.75, 3.05) is 6.54 Å². The SMILES string of the molecule is CCCNCc1cc(F)ccc1Sc1nc(CC)ns1. The van der Waals surface area contributed by atoms with Gasteiger partial charge in [-0.1, -0.05) is 25.6 Å². The van der Waals surface area contributed by atoms with Crippen molar-refractivity contribution in [2.45, 2.75) is 42.5 Å². The maximum Gasteiger partial charge on any atom is 0.174 e. The second-order valence-electron chi connectivity index (χ2n) is 4.36. The van der Waals surface area contributed by atoms with Crippen molar-refractivity contribution in [1.82, 2.24) is 14.7 Å². The van der Waals surface area contributed by atoms with Gasteiger partial charge in [0.05, 0.1) is 0 Å². The molecule has 1 aromatic carbocycles. The van der Waals surface area contributed by atoms with Gasteiger partial charge in [-0.2, -0.15) is 4.37 Å². The van der Waals surface area contributed by atoms with Gasteiger partial charge in [0.15, 0.2) is 4.34 Å². The molecule has 0 amide bonds. The molecule has 0 saturated heterocycles. The van der Waals surface area contributed by atoms with Crippen molar-refractivity contribution < 1.29 is 4.39 Å². The van der Waals surface area contributed by atoms with Crippen molar-refractivity contribution in [3.63, 3.8) is 0 Å². The summed E-state index contributed by atoms with van der Waals surface area (Å²) in [4.78, 5) is 5.48. The molecule has 108 valence electrons. The number of nitrogens with zero attached hydrogens (tertiary/aromatic N) is 2. The Morgan fingerprint density at radius 2 is 2.20 bits per heavy atom. The summed E-state index contributed by atoms with van der Waals surface area (Å²) >= 11 is 2.95. The first-order chi connectivity index (χ1) is 9.72. The molecule has 0 bridgehead atoms. The van der Waals surface area contributed by atoms with Crippen molar-refractivity contribution in [1.29, 1.82) is 0 Å². The standard InChI is InChI=1S/C14H18FN3S2/c1-3-7-16-9-10-8-11(15)5-6-12(10)19-14-17-13(4-2)18-20-14/h5-6,8,16H,3-4,7,9H2,1-2H3. The summed E-state index contributed by atoms with van der Waals surface area (Å²) in [5.41, 5.74) is 0.969. The van der Waals surface area contributed by atoms with Gasteiger partial charge in [0.1, 0.15) is 11.6 Å². The molecule has 6 heteroatoms. The first-order valence-electron chi connectivity index (χ1n) is 6.72. The number of hydrogen-bond donors (Lipinski definition) is 1. The largest absolute Gasteiger partial charge is 0.313 e. The molecule has 1 heterocycles. The molecular weight excluding hydrogens is 293 g/mol. The quantitative estimate of drug-likeness (QED) is 0.787. The van der Waals surface area contributed by atoms with Crippen LogP contribution in [0.1, 0.15) is 31.7 Å². The molecule has 3 nitrogen and oxygen atoms in total. The lowest BCUT2D eigenvalue weighted by atomic mass is 10.2. The lowest BCUT2D eigenvalue weighted by Crippen LogP contribution is -2.14. The number of aryl methyl sites for hydroxylation is 1. The smallest absolute Gasteiger partial charge is 0.174 e. The van der Waals surface area contributed by atoms with E-state index in [4.69, 9.17) is 0 Å². The fourth-order valence-electron chi connectivity index (χ4n) is 1.70. The number of benzene rings is 1. The van der Waals surface area contributed by atoms with Gasteiger partial charge in [-0.3, -0.25) is 0 Å². The topological polar surface area (TPSA) is 37.8 Å². The van der Waals surface area contributed by atoms with Crippen molar-refractivity contribution in [3.05, 3.63) is 35.4 Å². The number of hydrogen-bond acceptors (Lipinski definition) is 5. The third-order valence-electron chi connectivity index (χ3n) is 2.73. The van der Waals surface area contributed by atoms with E-state index >= 15 is 0 Å². The van der Waals surface area contributed by atoms with Gasteiger partial charge in [-0.15, -0.1) is 0 Å². The van der Waals surface area contributed by atoms with Gasteiger partial charge in [-0.25, -0.2) is 9.37 Å². The van der Waals surface area contributed by atoms with E-state index in [0.717, 1.165) is 40.0 Å². The van der Waals surface area contributed by atoms with E-state index in [2.05, 4.69) is 21.6 Å². The van der Waals surface area contributed by atoms with Crippen LogP contribution in [0.4, 0.5) is 4.39 Å². The average Bonchev–Trinajstić information content (AvgIpc) is 2.90. The number of aromatic nitrogens is 2. The lowest BCUT2D eigenvalue weighted by Gasteiger charge is -2.08. The first-order valence-corrected chi connectivity index (χ1v) is 8.31. The highest BCUT2D eigenvalue weighted by molar-refractivity contribution is 8.01. The number of rotatable bonds is 7. The van der Waals surface area contributed by atoms with Gasteiger partial charge in [-0.05, 0) is 48.3 Å². The van der Waals surface area contributed by atoms with Gasteiger partial charge in [0.25, 0.3) is 0 Å². The number of nitrogens with one attached hydrogen (secondary N) is 1. The van der Waals surface area contributed by atoms with E-state index in [1.807, 2.05) is 13.0 Å². The third-order valence-corrected chi connectivity index (χ3v) is 4.63. The van der Waals surface area contributed by atoms with Crippen LogP contribution >= 0.6 is 23.3 Å². The molecule has 0 aliphatic carbocycles. The summed E-state index contributed by atoms with van der Waals surface area (Å²) in [6.07, 6.45) is 1.90. The van der Waals surface area contributed by atoms with Gasteiger partial charge in [0, 0.05) is 17.9 Å². The maximum atomic E-state index is 13.4. The minimum Gasteiger partial charge on any atom is -0.313 e. The molecule has 0 aliphatic heterocycles. The van der Waals surface area contributed by atoms with Crippen LogP contribution in [0.2, 0.25) is 0 Å². The van der Waals surface area contributed by atoms with Crippen LogP contribution in [0.5, 0.6) is 0 Å². The summed E-state index contributed by atoms with van der Waals surface area (Å²) in [6, 6.07) is 4.90. The van der Waals surface area contributed by atoms with Gasteiger partial charge in [0.2, 0.25) is 0 Å². The monoisotopic (exact) mass is 311 g/mol. The zero-order valence-electron chi connectivity index (χ0n) is 11.6. The second kappa shape index (κ2) is 7.71. The summed E-state index contributed by atoms with van der Waals surface area (Å²) in [6.45, 7) is 5.75. The lowest BCUT2D eigenvalue weighted by molar-refractivity contribution is 0.615. The molecular formula is C14H18FN3S2. The van der Waals surface area contributed by atoms with E-state index in [1.54, 1.807) is 17.8 Å². The summed E-state index contributed by atoms with van der Waals surface area (Å²) < 4.78 is 18.6. The normalized spacial score (nSPS) is 10.9. The molecule has 2 rings (SSSR count). The Morgan fingerprint density at radius 3 is 2.90 bits per heavy atom. The molecule has 0 atom stereocenters. The molecule has 0 unspecified atom stereocenters. The minimum absolute atomic E-state index is 0.200. The zero-order valence-corrected chi connectivity index (χ0v) is 13.3. The molecule has 0 aliphatic rings. The predicted octanol–water partition coefficient (Wildman–Crippen LogP) is 3.89. The van der Waals surface area contributed by atoms with Gasteiger partial charge < -0.3 is 5.32 Å². The maximum absolute atomic E-state index is 13.4. The fourth-order valence-corrected chi connectivity index (χ4v) is 3.47. The van der Waals surface area contributed by atoms with Crippen LogP contribution in [-0.4, -0.2) is 15.9 Å². The van der Waals surface area contributed by atoms with Gasteiger partial charge >= 0.3 is 0 Å². The molecule has 1 N–H and O–H groups in total. The Hall–Kier alpha value is -0.980. The molecule has 20 heavy (non-hydrogen) atoms. The molecule has 0 radical (unpaired) electrons. The van der Waals surface area contributed by atoms with E-state index in [0.29, 0.717) is 6.54 Å². The Labute approximate surface area is 127 Å². The minimum atomic E-state index is -0.200. The zero-order chi connectivity index (χ0) is 14.4. The Kier molecular flexibility index (Phi) is 5.94. The van der Waals surface area contributed by atoms with Crippen LogP contribution in [0.25, 0.3) is 0 Å². The number of halogens is 1. The van der Waals surface area contributed by atoms with Crippen molar-refractivity contribution in [3.8, 4) is 0 Å². The Balaban J connectivity index is 2.12. The molecule has 0 fully saturated rings. The van der Waals surface area contributed by atoms with Crippen LogP contribution in [0, 0.1) is 5.82 Å². The Bertz CT molecular complexity index is 557. The summed E-state index contributed by atoms with van der Waals surface area (Å²) in [5.74, 6) is 0.666.